The summed E-state index contributed by atoms with van der Waals surface area (Å²) >= 11 is 0. The molecule has 0 radical (unpaired) electrons. The second-order valence-corrected chi connectivity index (χ2v) is 5.73. The largest absolute Gasteiger partial charge is 0.321 e. The number of rotatable bonds is 3. The summed E-state index contributed by atoms with van der Waals surface area (Å²) in [6, 6.07) is 18.2. The predicted molar refractivity (Wildman–Crippen MR) is 97.5 cm³/mol. The number of amides is 1. The molecule has 0 saturated carbocycles. The van der Waals surface area contributed by atoms with Crippen LogP contribution in [0.2, 0.25) is 0 Å². The first kappa shape index (κ1) is 16.4. The molecule has 0 unspecified atom stereocenters. The molecule has 130 valence electrons. The van der Waals surface area contributed by atoms with Gasteiger partial charge in [-0.05, 0) is 36.4 Å². The minimum Gasteiger partial charge on any atom is -0.321 e. The maximum Gasteiger partial charge on any atom is 0.259 e. The first-order valence-corrected chi connectivity index (χ1v) is 8.08. The number of aromatic nitrogens is 3. The highest BCUT2D eigenvalue weighted by Gasteiger charge is 2.18. The van der Waals surface area contributed by atoms with Crippen molar-refractivity contribution < 1.29 is 9.18 Å². The van der Waals surface area contributed by atoms with Crippen LogP contribution in [0.5, 0.6) is 0 Å². The smallest absolute Gasteiger partial charge is 0.259 e. The fraction of sp³-hybridized carbons (Fsp3) is 0. The Labute approximate surface area is 153 Å². The average molecular weight is 357 g/mol. The van der Waals surface area contributed by atoms with Gasteiger partial charge in [0.05, 0.1) is 22.4 Å². The van der Waals surface area contributed by atoms with E-state index < -0.39 is 11.7 Å². The maximum absolute atomic E-state index is 14.1. The maximum atomic E-state index is 14.1. The lowest BCUT2D eigenvalue weighted by Gasteiger charge is -2.08. The fourth-order valence-corrected chi connectivity index (χ4v) is 2.80. The van der Waals surface area contributed by atoms with Crippen molar-refractivity contribution in [3.05, 3.63) is 83.8 Å². The Kier molecular flexibility index (Phi) is 4.07. The zero-order valence-electron chi connectivity index (χ0n) is 13.9. The molecular weight excluding hydrogens is 345 g/mol. The monoisotopic (exact) mass is 357 g/mol. The summed E-state index contributed by atoms with van der Waals surface area (Å²) in [6.07, 6.45) is 1.66. The molecule has 27 heavy (non-hydrogen) atoms. The molecule has 2 aromatic carbocycles. The van der Waals surface area contributed by atoms with Crippen molar-refractivity contribution in [1.29, 1.82) is 5.26 Å². The molecule has 0 atom stereocenters. The number of nitrogens with one attached hydrogen (secondary N) is 1. The van der Waals surface area contributed by atoms with Gasteiger partial charge >= 0.3 is 0 Å². The van der Waals surface area contributed by atoms with Crippen molar-refractivity contribution in [1.82, 2.24) is 14.6 Å². The van der Waals surface area contributed by atoms with Gasteiger partial charge in [-0.1, -0.05) is 24.3 Å². The van der Waals surface area contributed by atoms with Crippen molar-refractivity contribution >= 4 is 17.2 Å². The van der Waals surface area contributed by atoms with E-state index in [9.17, 15) is 9.18 Å². The molecule has 0 fully saturated rings. The van der Waals surface area contributed by atoms with Crippen molar-refractivity contribution in [2.24, 2.45) is 0 Å². The Hall–Kier alpha value is -4.05. The zero-order valence-corrected chi connectivity index (χ0v) is 13.9. The molecule has 0 spiro atoms. The van der Waals surface area contributed by atoms with Crippen molar-refractivity contribution in [2.45, 2.75) is 0 Å². The highest BCUT2D eigenvalue weighted by atomic mass is 19.1. The van der Waals surface area contributed by atoms with Crippen LogP contribution in [0.15, 0.2) is 66.9 Å². The standard InChI is InChI=1S/C20H12FN5O/c21-16-9-3-2-7-14(16)18-24-25-19-15(8-5-11-26(18)19)20(27)23-17-10-4-1-6-13(17)12-22/h1-11H,(H,23,27). The van der Waals surface area contributed by atoms with E-state index in [1.54, 1.807) is 65.2 Å². The van der Waals surface area contributed by atoms with Gasteiger partial charge in [0, 0.05) is 6.20 Å². The number of nitrogens with zero attached hydrogens (tertiary/aromatic N) is 4. The number of para-hydroxylation sites is 1. The van der Waals surface area contributed by atoms with Gasteiger partial charge in [-0.15, -0.1) is 10.2 Å². The summed E-state index contributed by atoms with van der Waals surface area (Å²) in [4.78, 5) is 12.7. The average Bonchev–Trinajstić information content (AvgIpc) is 3.12. The Morgan fingerprint density at radius 2 is 1.81 bits per heavy atom. The molecule has 2 heterocycles. The number of benzene rings is 2. The summed E-state index contributed by atoms with van der Waals surface area (Å²) in [5.74, 6) is -0.560. The van der Waals surface area contributed by atoms with Crippen LogP contribution in [0, 0.1) is 17.1 Å². The minimum atomic E-state index is -0.434. The van der Waals surface area contributed by atoms with Gasteiger partial charge in [-0.2, -0.15) is 5.26 Å². The quantitative estimate of drug-likeness (QED) is 0.606. The lowest BCUT2D eigenvalue weighted by molar-refractivity contribution is 0.102. The van der Waals surface area contributed by atoms with E-state index in [1.807, 2.05) is 6.07 Å². The molecule has 1 amide bonds. The van der Waals surface area contributed by atoms with Crippen LogP contribution in [-0.2, 0) is 0 Å². The number of anilines is 1. The first-order valence-electron chi connectivity index (χ1n) is 8.08. The molecule has 0 bridgehead atoms. The van der Waals surface area contributed by atoms with Crippen LogP contribution in [0.1, 0.15) is 15.9 Å². The van der Waals surface area contributed by atoms with Crippen LogP contribution in [0.4, 0.5) is 10.1 Å². The van der Waals surface area contributed by atoms with E-state index in [0.29, 0.717) is 22.7 Å². The molecule has 0 saturated heterocycles. The fourth-order valence-electron chi connectivity index (χ4n) is 2.80. The normalized spacial score (nSPS) is 10.5. The third kappa shape index (κ3) is 2.89. The first-order chi connectivity index (χ1) is 13.2. The molecule has 2 aromatic heterocycles. The van der Waals surface area contributed by atoms with E-state index in [0.717, 1.165) is 0 Å². The van der Waals surface area contributed by atoms with Crippen LogP contribution >= 0.6 is 0 Å². The van der Waals surface area contributed by atoms with Crippen molar-refractivity contribution in [3.8, 4) is 17.5 Å². The van der Waals surface area contributed by atoms with Crippen LogP contribution in [0.25, 0.3) is 17.0 Å². The molecular formula is C20H12FN5O. The number of fused-ring (bicyclic) bond motifs is 1. The van der Waals surface area contributed by atoms with E-state index in [4.69, 9.17) is 5.26 Å². The number of halogens is 1. The van der Waals surface area contributed by atoms with Crippen LogP contribution in [0.3, 0.4) is 0 Å². The van der Waals surface area contributed by atoms with Gasteiger partial charge in [-0.25, -0.2) is 4.39 Å². The number of hydrogen-bond acceptors (Lipinski definition) is 4. The zero-order chi connectivity index (χ0) is 18.8. The number of pyridine rings is 1. The number of nitriles is 1. The predicted octanol–water partition coefficient (Wildman–Crippen LogP) is 3.66. The topological polar surface area (TPSA) is 83.1 Å². The molecule has 1 N–H and O–H groups in total. The summed E-state index contributed by atoms with van der Waals surface area (Å²) in [5.41, 5.74) is 1.60. The highest BCUT2D eigenvalue weighted by molar-refractivity contribution is 6.08. The Morgan fingerprint density at radius 3 is 2.63 bits per heavy atom. The van der Waals surface area contributed by atoms with Crippen LogP contribution in [-0.4, -0.2) is 20.5 Å². The van der Waals surface area contributed by atoms with Gasteiger partial charge in [0.1, 0.15) is 11.9 Å². The van der Waals surface area contributed by atoms with Crippen molar-refractivity contribution in [3.63, 3.8) is 0 Å². The van der Waals surface area contributed by atoms with E-state index in [-0.39, 0.29) is 11.1 Å². The molecule has 4 rings (SSSR count). The molecule has 6 nitrogen and oxygen atoms in total. The summed E-state index contributed by atoms with van der Waals surface area (Å²) in [6.45, 7) is 0. The summed E-state index contributed by atoms with van der Waals surface area (Å²) in [7, 11) is 0. The Bertz CT molecular complexity index is 1210. The second kappa shape index (κ2) is 6.69. The van der Waals surface area contributed by atoms with E-state index in [2.05, 4.69) is 15.5 Å². The lowest BCUT2D eigenvalue weighted by Crippen LogP contribution is -2.14. The van der Waals surface area contributed by atoms with Gasteiger partial charge < -0.3 is 5.32 Å². The SMILES string of the molecule is N#Cc1ccccc1NC(=O)c1cccn2c(-c3ccccc3F)nnc12. The highest BCUT2D eigenvalue weighted by Crippen LogP contribution is 2.23. The third-order valence-corrected chi connectivity index (χ3v) is 4.09. The van der Waals surface area contributed by atoms with Crippen LogP contribution < -0.4 is 5.32 Å². The molecule has 0 aliphatic heterocycles. The number of carbonyl (C=O) groups excluding carboxylic acids is 1. The number of carbonyl (C=O) groups is 1. The minimum absolute atomic E-state index is 0.264. The van der Waals surface area contributed by atoms with Gasteiger partial charge in [-0.3, -0.25) is 9.20 Å². The van der Waals surface area contributed by atoms with Gasteiger partial charge in [0.2, 0.25) is 0 Å². The van der Waals surface area contributed by atoms with Gasteiger partial charge in [0.25, 0.3) is 5.91 Å². The van der Waals surface area contributed by atoms with E-state index >= 15 is 0 Å². The molecule has 7 heteroatoms. The molecule has 4 aromatic rings. The molecule has 0 aliphatic carbocycles. The third-order valence-electron chi connectivity index (χ3n) is 4.09. The van der Waals surface area contributed by atoms with Gasteiger partial charge in [0.15, 0.2) is 11.5 Å². The second-order valence-electron chi connectivity index (χ2n) is 5.73. The Morgan fingerprint density at radius 1 is 1.04 bits per heavy atom. The van der Waals surface area contributed by atoms with E-state index in [1.165, 1.54) is 6.07 Å². The summed E-state index contributed by atoms with van der Waals surface area (Å²) < 4.78 is 15.7. The number of hydrogen-bond donors (Lipinski definition) is 1. The summed E-state index contributed by atoms with van der Waals surface area (Å²) in [5, 5.41) is 20.0. The molecule has 0 aliphatic rings. The van der Waals surface area contributed by atoms with Crippen molar-refractivity contribution in [2.75, 3.05) is 5.32 Å². The lowest BCUT2D eigenvalue weighted by atomic mass is 10.1. The Balaban J connectivity index is 1.77.